The van der Waals surface area contributed by atoms with Crippen molar-refractivity contribution < 1.29 is 0 Å². The number of rotatable bonds is 4. The highest BCUT2D eigenvalue weighted by Gasteiger charge is 1.94. The fourth-order valence-corrected chi connectivity index (χ4v) is 0.701. The highest BCUT2D eigenvalue weighted by molar-refractivity contribution is 4.57. The van der Waals surface area contributed by atoms with Gasteiger partial charge in [0, 0.05) is 6.04 Å². The van der Waals surface area contributed by atoms with Crippen LogP contribution in [0, 0.1) is 0 Å². The predicted octanol–water partition coefficient (Wildman–Crippen LogP) is 0.333. The molecule has 0 saturated carbocycles. The Balaban J connectivity index is 2.92. The van der Waals surface area contributed by atoms with E-state index < -0.39 is 0 Å². The number of nitrogens with two attached hydrogens (primary N) is 1. The van der Waals surface area contributed by atoms with Gasteiger partial charge in [0.2, 0.25) is 0 Å². The van der Waals surface area contributed by atoms with Gasteiger partial charge in [0.25, 0.3) is 0 Å². The van der Waals surface area contributed by atoms with E-state index in [4.69, 9.17) is 5.73 Å². The van der Waals surface area contributed by atoms with E-state index in [1.807, 2.05) is 0 Å². The zero-order chi connectivity index (χ0) is 6.41. The smallest absolute Gasteiger partial charge is 0.00506 e. The van der Waals surface area contributed by atoms with E-state index >= 15 is 0 Å². The summed E-state index contributed by atoms with van der Waals surface area (Å²) in [5.41, 5.74) is 5.32. The van der Waals surface area contributed by atoms with Crippen molar-refractivity contribution in [3.05, 3.63) is 0 Å². The van der Waals surface area contributed by atoms with Crippen molar-refractivity contribution in [2.75, 3.05) is 13.1 Å². The standard InChI is InChI=1S/C6H16N2/c1-3-8-6(2)4-5-7/h6,8H,3-5,7H2,1-2H3. The van der Waals surface area contributed by atoms with Gasteiger partial charge < -0.3 is 11.1 Å². The summed E-state index contributed by atoms with van der Waals surface area (Å²) in [5.74, 6) is 0. The Labute approximate surface area is 51.5 Å². The molecule has 0 radical (unpaired) electrons. The first-order valence-corrected chi connectivity index (χ1v) is 3.24. The minimum absolute atomic E-state index is 0.588. The molecule has 0 bridgehead atoms. The number of nitrogens with one attached hydrogen (secondary N) is 1. The van der Waals surface area contributed by atoms with Gasteiger partial charge in [-0.05, 0) is 26.4 Å². The normalized spacial score (nSPS) is 13.9. The maximum absolute atomic E-state index is 5.32. The first-order chi connectivity index (χ1) is 3.81. The molecule has 1 unspecified atom stereocenters. The molecule has 0 rings (SSSR count). The second kappa shape index (κ2) is 5.06. The van der Waals surface area contributed by atoms with E-state index in [0.29, 0.717) is 6.04 Å². The van der Waals surface area contributed by atoms with Crippen LogP contribution >= 0.6 is 0 Å². The molecule has 2 heteroatoms. The van der Waals surface area contributed by atoms with Gasteiger partial charge >= 0.3 is 0 Å². The Morgan fingerprint density at radius 3 is 2.62 bits per heavy atom. The van der Waals surface area contributed by atoms with Crippen LogP contribution in [0.5, 0.6) is 0 Å². The summed E-state index contributed by atoms with van der Waals surface area (Å²) in [6, 6.07) is 0.588. The molecule has 0 aromatic carbocycles. The topological polar surface area (TPSA) is 38.0 Å². The molecule has 0 aliphatic heterocycles. The summed E-state index contributed by atoms with van der Waals surface area (Å²) < 4.78 is 0. The molecule has 0 aliphatic carbocycles. The molecule has 0 saturated heterocycles. The summed E-state index contributed by atoms with van der Waals surface area (Å²) in [6.45, 7) is 6.08. The molecule has 0 amide bonds. The average Bonchev–Trinajstić information content (AvgIpc) is 1.68. The summed E-state index contributed by atoms with van der Waals surface area (Å²) in [5, 5.41) is 3.27. The SMILES string of the molecule is CCNC(C)CCN. The third kappa shape index (κ3) is 4.09. The van der Waals surface area contributed by atoms with Gasteiger partial charge in [0.05, 0.1) is 0 Å². The molecule has 8 heavy (non-hydrogen) atoms. The second-order valence-corrected chi connectivity index (χ2v) is 2.04. The first kappa shape index (κ1) is 7.92. The van der Waals surface area contributed by atoms with Crippen LogP contribution in [-0.2, 0) is 0 Å². The molecule has 1 atom stereocenters. The van der Waals surface area contributed by atoms with Crippen molar-refractivity contribution in [1.29, 1.82) is 0 Å². The highest BCUT2D eigenvalue weighted by atomic mass is 14.9. The van der Waals surface area contributed by atoms with E-state index in [2.05, 4.69) is 19.2 Å². The van der Waals surface area contributed by atoms with E-state index in [-0.39, 0.29) is 0 Å². The molecular weight excluding hydrogens is 100 g/mol. The van der Waals surface area contributed by atoms with E-state index in [9.17, 15) is 0 Å². The fourth-order valence-electron chi connectivity index (χ4n) is 0.701. The molecule has 0 aromatic heterocycles. The van der Waals surface area contributed by atoms with Gasteiger partial charge in [-0.25, -0.2) is 0 Å². The van der Waals surface area contributed by atoms with Crippen LogP contribution < -0.4 is 11.1 Å². The quantitative estimate of drug-likeness (QED) is 0.555. The van der Waals surface area contributed by atoms with Gasteiger partial charge in [-0.3, -0.25) is 0 Å². The van der Waals surface area contributed by atoms with Crippen LogP contribution in [0.3, 0.4) is 0 Å². The molecule has 3 N–H and O–H groups in total. The molecule has 0 aliphatic rings. The lowest BCUT2D eigenvalue weighted by Gasteiger charge is -2.08. The monoisotopic (exact) mass is 116 g/mol. The van der Waals surface area contributed by atoms with Gasteiger partial charge in [0.15, 0.2) is 0 Å². The van der Waals surface area contributed by atoms with Crippen LogP contribution in [0.4, 0.5) is 0 Å². The van der Waals surface area contributed by atoms with Crippen LogP contribution in [0.1, 0.15) is 20.3 Å². The van der Waals surface area contributed by atoms with E-state index in [1.165, 1.54) is 0 Å². The lowest BCUT2D eigenvalue weighted by molar-refractivity contribution is 0.537. The van der Waals surface area contributed by atoms with Gasteiger partial charge in [0.1, 0.15) is 0 Å². The Bertz CT molecular complexity index is 39.8. The van der Waals surface area contributed by atoms with Crippen LogP contribution in [0.2, 0.25) is 0 Å². The molecule has 0 fully saturated rings. The largest absolute Gasteiger partial charge is 0.330 e. The first-order valence-electron chi connectivity index (χ1n) is 3.24. The summed E-state index contributed by atoms with van der Waals surface area (Å²) in [7, 11) is 0. The van der Waals surface area contributed by atoms with Crippen LogP contribution in [0.25, 0.3) is 0 Å². The predicted molar refractivity (Wildman–Crippen MR) is 36.8 cm³/mol. The van der Waals surface area contributed by atoms with Gasteiger partial charge in [-0.2, -0.15) is 0 Å². The summed E-state index contributed by atoms with van der Waals surface area (Å²) in [6.07, 6.45) is 1.08. The summed E-state index contributed by atoms with van der Waals surface area (Å²) >= 11 is 0. The van der Waals surface area contributed by atoms with Gasteiger partial charge in [-0.1, -0.05) is 6.92 Å². The maximum Gasteiger partial charge on any atom is 0.00506 e. The molecule has 2 nitrogen and oxygen atoms in total. The Kier molecular flexibility index (Phi) is 5.01. The zero-order valence-corrected chi connectivity index (χ0v) is 5.78. The van der Waals surface area contributed by atoms with Crippen molar-refractivity contribution in [3.63, 3.8) is 0 Å². The second-order valence-electron chi connectivity index (χ2n) is 2.04. The third-order valence-electron chi connectivity index (χ3n) is 1.15. The molecule has 0 heterocycles. The molecule has 50 valence electrons. The van der Waals surface area contributed by atoms with Crippen LogP contribution in [0.15, 0.2) is 0 Å². The average molecular weight is 116 g/mol. The van der Waals surface area contributed by atoms with Gasteiger partial charge in [-0.15, -0.1) is 0 Å². The maximum atomic E-state index is 5.32. The minimum atomic E-state index is 0.588. The lowest BCUT2D eigenvalue weighted by atomic mass is 10.2. The molecular formula is C6H16N2. The Morgan fingerprint density at radius 1 is 1.62 bits per heavy atom. The highest BCUT2D eigenvalue weighted by Crippen LogP contribution is 1.84. The fraction of sp³-hybridized carbons (Fsp3) is 1.00. The Morgan fingerprint density at radius 2 is 2.25 bits per heavy atom. The number of hydrogen-bond donors (Lipinski definition) is 2. The van der Waals surface area contributed by atoms with Crippen molar-refractivity contribution in [2.24, 2.45) is 5.73 Å². The number of hydrogen-bond acceptors (Lipinski definition) is 2. The lowest BCUT2D eigenvalue weighted by Crippen LogP contribution is -2.27. The molecule has 0 aromatic rings. The minimum Gasteiger partial charge on any atom is -0.330 e. The third-order valence-corrected chi connectivity index (χ3v) is 1.15. The van der Waals surface area contributed by atoms with Crippen molar-refractivity contribution in [3.8, 4) is 0 Å². The van der Waals surface area contributed by atoms with E-state index in [1.54, 1.807) is 0 Å². The molecule has 0 spiro atoms. The Hall–Kier alpha value is -0.0800. The van der Waals surface area contributed by atoms with Crippen molar-refractivity contribution in [1.82, 2.24) is 5.32 Å². The van der Waals surface area contributed by atoms with Crippen LogP contribution in [-0.4, -0.2) is 19.1 Å². The summed E-state index contributed by atoms with van der Waals surface area (Å²) in [4.78, 5) is 0. The zero-order valence-electron chi connectivity index (χ0n) is 5.78. The van der Waals surface area contributed by atoms with E-state index in [0.717, 1.165) is 19.5 Å². The van der Waals surface area contributed by atoms with Crippen molar-refractivity contribution >= 4 is 0 Å². The van der Waals surface area contributed by atoms with Crippen molar-refractivity contribution in [2.45, 2.75) is 26.3 Å².